The summed E-state index contributed by atoms with van der Waals surface area (Å²) in [6, 6.07) is 16.3. The quantitative estimate of drug-likeness (QED) is 0.251. The molecule has 0 unspecified atom stereocenters. The first kappa shape index (κ1) is 24.5. The third kappa shape index (κ3) is 5.36. The van der Waals surface area contributed by atoms with Gasteiger partial charge in [-0.25, -0.2) is 9.69 Å². The maximum atomic E-state index is 13.0. The zero-order chi connectivity index (χ0) is 24.4. The highest BCUT2D eigenvalue weighted by Gasteiger charge is 2.36. The minimum Gasteiger partial charge on any atom is -0.486 e. The number of hydrogen-bond donors (Lipinski definition) is 1. The minimum absolute atomic E-state index is 0.209. The van der Waals surface area contributed by atoms with E-state index in [-0.39, 0.29) is 28.0 Å². The number of urea groups is 1. The van der Waals surface area contributed by atoms with Gasteiger partial charge in [0.2, 0.25) is 0 Å². The van der Waals surface area contributed by atoms with E-state index in [0.29, 0.717) is 11.3 Å². The van der Waals surface area contributed by atoms with Gasteiger partial charge in [-0.1, -0.05) is 67.2 Å². The second-order valence-electron chi connectivity index (χ2n) is 7.16. The van der Waals surface area contributed by atoms with Gasteiger partial charge in [-0.2, -0.15) is 0 Å². The van der Waals surface area contributed by atoms with Gasteiger partial charge >= 0.3 is 6.03 Å². The summed E-state index contributed by atoms with van der Waals surface area (Å²) in [5, 5.41) is 2.60. The second kappa shape index (κ2) is 10.3. The predicted octanol–water partition coefficient (Wildman–Crippen LogP) is 6.76. The van der Waals surface area contributed by atoms with Gasteiger partial charge in [-0.05, 0) is 65.7 Å². The zero-order valence-corrected chi connectivity index (χ0v) is 21.8. The fourth-order valence-electron chi connectivity index (χ4n) is 3.19. The third-order valence-corrected chi connectivity index (χ3v) is 6.43. The van der Waals surface area contributed by atoms with Crippen LogP contribution in [0.5, 0.6) is 5.75 Å². The van der Waals surface area contributed by atoms with Crippen LogP contribution in [-0.4, -0.2) is 17.8 Å². The molecule has 4 amide bonds. The Bertz CT molecular complexity index is 1300. The van der Waals surface area contributed by atoms with E-state index in [1.54, 1.807) is 24.3 Å². The molecule has 0 bridgehead atoms. The Hall–Kier alpha value is -2.65. The lowest BCUT2D eigenvalue weighted by molar-refractivity contribution is -0.122. The monoisotopic (exact) mass is 622 g/mol. The van der Waals surface area contributed by atoms with Crippen molar-refractivity contribution in [3.63, 3.8) is 0 Å². The van der Waals surface area contributed by atoms with Gasteiger partial charge in [0, 0.05) is 8.95 Å². The van der Waals surface area contributed by atoms with E-state index in [0.717, 1.165) is 19.4 Å². The number of halogens is 4. The Morgan fingerprint density at radius 2 is 1.44 bits per heavy atom. The maximum absolute atomic E-state index is 13.0. The molecular formula is C24H14Br2Cl2N2O4. The molecule has 1 N–H and O–H groups in total. The van der Waals surface area contributed by atoms with E-state index in [1.165, 1.54) is 18.2 Å². The van der Waals surface area contributed by atoms with Gasteiger partial charge < -0.3 is 4.74 Å². The fourth-order valence-corrected chi connectivity index (χ4v) is 4.33. The van der Waals surface area contributed by atoms with Crippen LogP contribution in [0.25, 0.3) is 6.08 Å². The molecule has 1 fully saturated rings. The average molecular weight is 625 g/mol. The van der Waals surface area contributed by atoms with Gasteiger partial charge in [-0.3, -0.25) is 14.9 Å². The van der Waals surface area contributed by atoms with Crippen molar-refractivity contribution < 1.29 is 19.1 Å². The molecule has 3 aromatic rings. The minimum atomic E-state index is -0.831. The summed E-state index contributed by atoms with van der Waals surface area (Å²) < 4.78 is 7.50. The molecule has 3 aromatic carbocycles. The summed E-state index contributed by atoms with van der Waals surface area (Å²) in [5.41, 5.74) is 1.40. The van der Waals surface area contributed by atoms with Crippen molar-refractivity contribution in [1.29, 1.82) is 0 Å². The van der Waals surface area contributed by atoms with Crippen molar-refractivity contribution >= 4 is 84.7 Å². The molecule has 1 aliphatic heterocycles. The number of imide groups is 2. The van der Waals surface area contributed by atoms with Crippen molar-refractivity contribution in [3.05, 3.63) is 96.4 Å². The molecule has 0 saturated carbocycles. The Morgan fingerprint density at radius 1 is 0.882 bits per heavy atom. The predicted molar refractivity (Wildman–Crippen MR) is 138 cm³/mol. The first-order valence-electron chi connectivity index (χ1n) is 9.76. The summed E-state index contributed by atoms with van der Waals surface area (Å²) in [4.78, 5) is 38.7. The standard InChI is InChI=1S/C24H14Br2Cl2N2O4/c25-15-3-1-13(2-4-15)12-34-21-19(27)10-14(11-20(21)28)9-18-22(31)29-24(33)30(23(18)32)17-7-5-16(26)6-8-17/h1-11H,12H2,(H,29,31,33)/b18-9+. The smallest absolute Gasteiger partial charge is 0.335 e. The summed E-state index contributed by atoms with van der Waals surface area (Å²) in [5.74, 6) is -1.30. The molecule has 10 heteroatoms. The van der Waals surface area contributed by atoms with Crippen LogP contribution in [0.4, 0.5) is 10.5 Å². The van der Waals surface area contributed by atoms with Crippen LogP contribution >= 0.6 is 55.1 Å². The summed E-state index contributed by atoms with van der Waals surface area (Å²) in [7, 11) is 0. The maximum Gasteiger partial charge on any atom is 0.335 e. The van der Waals surface area contributed by atoms with E-state index in [4.69, 9.17) is 27.9 Å². The van der Waals surface area contributed by atoms with E-state index < -0.39 is 17.8 Å². The highest BCUT2D eigenvalue weighted by Crippen LogP contribution is 2.36. The molecule has 4 rings (SSSR count). The van der Waals surface area contributed by atoms with Gasteiger partial charge in [0.25, 0.3) is 11.8 Å². The summed E-state index contributed by atoms with van der Waals surface area (Å²) >= 11 is 19.4. The van der Waals surface area contributed by atoms with Crippen LogP contribution in [0.3, 0.4) is 0 Å². The second-order valence-corrected chi connectivity index (χ2v) is 9.81. The molecule has 0 spiro atoms. The SMILES string of the molecule is O=C1NC(=O)N(c2ccc(Br)cc2)C(=O)/C1=C/c1cc(Cl)c(OCc2ccc(Br)cc2)c(Cl)c1. The summed E-state index contributed by atoms with van der Waals surface area (Å²) in [6.45, 7) is 0.248. The molecular weight excluding hydrogens is 611 g/mol. The molecule has 0 radical (unpaired) electrons. The van der Waals surface area contributed by atoms with Gasteiger partial charge in [0.1, 0.15) is 12.2 Å². The Morgan fingerprint density at radius 3 is 2.03 bits per heavy atom. The molecule has 172 valence electrons. The number of benzene rings is 3. The molecule has 0 atom stereocenters. The fraction of sp³-hybridized carbons (Fsp3) is 0.0417. The molecule has 1 saturated heterocycles. The van der Waals surface area contributed by atoms with Crippen molar-refractivity contribution in [1.82, 2.24) is 5.32 Å². The van der Waals surface area contributed by atoms with Gasteiger partial charge in [-0.15, -0.1) is 0 Å². The van der Waals surface area contributed by atoms with Crippen LogP contribution in [0.2, 0.25) is 10.0 Å². The van der Waals surface area contributed by atoms with Crippen LogP contribution in [-0.2, 0) is 16.2 Å². The molecule has 34 heavy (non-hydrogen) atoms. The molecule has 6 nitrogen and oxygen atoms in total. The highest BCUT2D eigenvalue weighted by atomic mass is 79.9. The Kier molecular flexibility index (Phi) is 7.42. The Labute approximate surface area is 221 Å². The average Bonchev–Trinajstić information content (AvgIpc) is 2.78. The topological polar surface area (TPSA) is 75.7 Å². The number of carbonyl (C=O) groups is 3. The number of hydrogen-bond acceptors (Lipinski definition) is 4. The first-order valence-corrected chi connectivity index (χ1v) is 12.1. The number of ether oxygens (including phenoxy) is 1. The van der Waals surface area contributed by atoms with E-state index in [2.05, 4.69) is 37.2 Å². The van der Waals surface area contributed by atoms with Gasteiger partial charge in [0.15, 0.2) is 5.75 Å². The van der Waals surface area contributed by atoms with Gasteiger partial charge in [0.05, 0.1) is 15.7 Å². The van der Waals surface area contributed by atoms with Crippen molar-refractivity contribution in [3.8, 4) is 5.75 Å². The van der Waals surface area contributed by atoms with Crippen LogP contribution in [0.1, 0.15) is 11.1 Å². The van der Waals surface area contributed by atoms with Crippen molar-refractivity contribution in [2.75, 3.05) is 4.90 Å². The van der Waals surface area contributed by atoms with E-state index >= 15 is 0 Å². The molecule has 0 aliphatic carbocycles. The van der Waals surface area contributed by atoms with Crippen LogP contribution in [0, 0.1) is 0 Å². The Balaban J connectivity index is 1.60. The number of amides is 4. The lowest BCUT2D eigenvalue weighted by atomic mass is 10.1. The van der Waals surface area contributed by atoms with E-state index in [1.807, 2.05) is 24.3 Å². The number of carbonyl (C=O) groups excluding carboxylic acids is 3. The zero-order valence-electron chi connectivity index (χ0n) is 17.2. The number of nitrogens with one attached hydrogen (secondary N) is 1. The van der Waals surface area contributed by atoms with Crippen molar-refractivity contribution in [2.24, 2.45) is 0 Å². The number of nitrogens with zero attached hydrogens (tertiary/aromatic N) is 1. The van der Waals surface area contributed by atoms with Crippen LogP contribution < -0.4 is 15.0 Å². The highest BCUT2D eigenvalue weighted by molar-refractivity contribution is 9.10. The number of rotatable bonds is 5. The first-order chi connectivity index (χ1) is 16.2. The molecule has 1 heterocycles. The number of barbiturate groups is 1. The number of anilines is 1. The lowest BCUT2D eigenvalue weighted by Crippen LogP contribution is -2.54. The summed E-state index contributed by atoms with van der Waals surface area (Å²) in [6.07, 6.45) is 1.33. The van der Waals surface area contributed by atoms with E-state index in [9.17, 15) is 14.4 Å². The van der Waals surface area contributed by atoms with Crippen LogP contribution in [0.15, 0.2) is 75.2 Å². The normalized spacial score (nSPS) is 15.0. The lowest BCUT2D eigenvalue weighted by Gasteiger charge is -2.26. The van der Waals surface area contributed by atoms with Crippen molar-refractivity contribution in [2.45, 2.75) is 6.61 Å². The molecule has 1 aliphatic rings. The third-order valence-electron chi connectivity index (χ3n) is 4.81. The largest absolute Gasteiger partial charge is 0.486 e. The molecule has 0 aromatic heterocycles.